The summed E-state index contributed by atoms with van der Waals surface area (Å²) in [6, 6.07) is 7.49. The van der Waals surface area contributed by atoms with Crippen molar-refractivity contribution in [1.82, 2.24) is 5.32 Å². The number of hydrogen-bond donors (Lipinski definition) is 2. The first-order valence-corrected chi connectivity index (χ1v) is 8.71. The second-order valence-corrected chi connectivity index (χ2v) is 6.08. The van der Waals surface area contributed by atoms with Crippen molar-refractivity contribution < 1.29 is 9.53 Å². The number of thioether (sulfide) groups is 1. The second-order valence-electron chi connectivity index (χ2n) is 5.10. The van der Waals surface area contributed by atoms with Gasteiger partial charge >= 0.3 is 0 Å². The first-order valence-electron chi connectivity index (χ1n) is 7.32. The first kappa shape index (κ1) is 21.1. The van der Waals surface area contributed by atoms with E-state index in [4.69, 9.17) is 10.5 Å². The Morgan fingerprint density at radius 3 is 2.77 bits per heavy atom. The molecule has 3 N–H and O–H groups in total. The Hall–Kier alpha value is -0.910. The minimum atomic E-state index is -0.436. The Morgan fingerprint density at radius 2 is 2.18 bits per heavy atom. The van der Waals surface area contributed by atoms with Gasteiger partial charge in [-0.05, 0) is 49.5 Å². The normalized spacial score (nSPS) is 12.9. The Kier molecular flexibility index (Phi) is 11.1. The monoisotopic (exact) mass is 346 g/mol. The summed E-state index contributed by atoms with van der Waals surface area (Å²) in [4.78, 5) is 11.9. The zero-order chi connectivity index (χ0) is 15.7. The maximum absolute atomic E-state index is 11.9. The van der Waals surface area contributed by atoms with Crippen molar-refractivity contribution in [3.05, 3.63) is 29.8 Å². The van der Waals surface area contributed by atoms with Crippen molar-refractivity contribution in [2.75, 3.05) is 18.6 Å². The van der Waals surface area contributed by atoms with Crippen LogP contribution in [0, 0.1) is 6.92 Å². The summed E-state index contributed by atoms with van der Waals surface area (Å²) in [5.74, 6) is 1.63. The quantitative estimate of drug-likeness (QED) is 0.721. The summed E-state index contributed by atoms with van der Waals surface area (Å²) in [6.07, 6.45) is 3.49. The number of amides is 1. The molecule has 1 aromatic carbocycles. The predicted octanol–water partition coefficient (Wildman–Crippen LogP) is 2.77. The highest BCUT2D eigenvalue weighted by Crippen LogP contribution is 2.15. The van der Waals surface area contributed by atoms with Crippen LogP contribution < -0.4 is 15.8 Å². The fourth-order valence-electron chi connectivity index (χ4n) is 1.87. The van der Waals surface area contributed by atoms with Crippen LogP contribution in [0.1, 0.15) is 25.3 Å². The number of hydrogen-bond acceptors (Lipinski definition) is 4. The van der Waals surface area contributed by atoms with Crippen LogP contribution in [0.4, 0.5) is 0 Å². The molecule has 0 aliphatic rings. The average Bonchev–Trinajstić information content (AvgIpc) is 2.48. The number of benzene rings is 1. The lowest BCUT2D eigenvalue weighted by molar-refractivity contribution is -0.122. The number of nitrogens with one attached hydrogen (secondary N) is 1. The number of rotatable bonds is 9. The van der Waals surface area contributed by atoms with Gasteiger partial charge in [-0.3, -0.25) is 4.79 Å². The fraction of sp³-hybridized carbons (Fsp3) is 0.562. The summed E-state index contributed by atoms with van der Waals surface area (Å²) in [5, 5.41) is 2.88. The Balaban J connectivity index is 0.00000441. The lowest BCUT2D eigenvalue weighted by Gasteiger charge is -2.20. The van der Waals surface area contributed by atoms with Crippen LogP contribution >= 0.6 is 24.2 Å². The van der Waals surface area contributed by atoms with Gasteiger partial charge in [0.15, 0.2) is 0 Å². The van der Waals surface area contributed by atoms with Gasteiger partial charge in [0.25, 0.3) is 0 Å². The molecule has 22 heavy (non-hydrogen) atoms. The number of carbonyl (C=O) groups is 1. The Labute approximate surface area is 144 Å². The predicted molar refractivity (Wildman–Crippen MR) is 97.1 cm³/mol. The van der Waals surface area contributed by atoms with Gasteiger partial charge in [0.2, 0.25) is 5.91 Å². The topological polar surface area (TPSA) is 64.4 Å². The highest BCUT2D eigenvalue weighted by Gasteiger charge is 2.15. The molecule has 1 rings (SSSR count). The first-order chi connectivity index (χ1) is 10.1. The van der Waals surface area contributed by atoms with E-state index in [0.717, 1.165) is 23.5 Å². The van der Waals surface area contributed by atoms with Gasteiger partial charge in [0, 0.05) is 0 Å². The molecular formula is C16H27ClN2O2S. The minimum absolute atomic E-state index is 0. The van der Waals surface area contributed by atoms with Crippen molar-refractivity contribution in [3.63, 3.8) is 0 Å². The molecule has 0 bridgehead atoms. The molecule has 126 valence electrons. The highest BCUT2D eigenvalue weighted by atomic mass is 35.5. The van der Waals surface area contributed by atoms with Crippen molar-refractivity contribution in [1.29, 1.82) is 0 Å². The molecule has 0 aromatic heterocycles. The number of halogens is 1. The molecule has 0 fully saturated rings. The molecule has 0 saturated carbocycles. The van der Waals surface area contributed by atoms with Crippen LogP contribution in [0.25, 0.3) is 0 Å². The van der Waals surface area contributed by atoms with E-state index in [-0.39, 0.29) is 24.4 Å². The SMILES string of the molecule is CCC(CNC(=O)[C@@H](N)CCSC)Oc1cccc(C)c1.Cl. The molecule has 0 spiro atoms. The minimum Gasteiger partial charge on any atom is -0.489 e. The maximum atomic E-state index is 11.9. The number of ether oxygens (including phenoxy) is 1. The second kappa shape index (κ2) is 11.6. The molecule has 4 nitrogen and oxygen atoms in total. The molecule has 0 saturated heterocycles. The molecule has 0 aliphatic heterocycles. The summed E-state index contributed by atoms with van der Waals surface area (Å²) >= 11 is 1.69. The lowest BCUT2D eigenvalue weighted by atomic mass is 10.2. The lowest BCUT2D eigenvalue weighted by Crippen LogP contribution is -2.44. The zero-order valence-corrected chi connectivity index (χ0v) is 15.1. The van der Waals surface area contributed by atoms with E-state index in [9.17, 15) is 4.79 Å². The smallest absolute Gasteiger partial charge is 0.237 e. The van der Waals surface area contributed by atoms with E-state index < -0.39 is 6.04 Å². The summed E-state index contributed by atoms with van der Waals surface area (Å²) in [5.41, 5.74) is 7.00. The van der Waals surface area contributed by atoms with E-state index >= 15 is 0 Å². The van der Waals surface area contributed by atoms with Gasteiger partial charge in [-0.2, -0.15) is 11.8 Å². The largest absolute Gasteiger partial charge is 0.489 e. The molecular weight excluding hydrogens is 320 g/mol. The molecule has 6 heteroatoms. The molecule has 0 radical (unpaired) electrons. The molecule has 1 aromatic rings. The van der Waals surface area contributed by atoms with Crippen LogP contribution in [0.15, 0.2) is 24.3 Å². The molecule has 1 unspecified atom stereocenters. The maximum Gasteiger partial charge on any atom is 0.237 e. The van der Waals surface area contributed by atoms with Crippen molar-refractivity contribution in [3.8, 4) is 5.75 Å². The average molecular weight is 347 g/mol. The van der Waals surface area contributed by atoms with Crippen LogP contribution in [-0.4, -0.2) is 36.6 Å². The van der Waals surface area contributed by atoms with Gasteiger partial charge in [0.1, 0.15) is 11.9 Å². The van der Waals surface area contributed by atoms with Gasteiger partial charge < -0.3 is 15.8 Å². The van der Waals surface area contributed by atoms with Crippen LogP contribution in [0.3, 0.4) is 0 Å². The van der Waals surface area contributed by atoms with E-state index in [1.807, 2.05) is 44.4 Å². The third kappa shape index (κ3) is 7.92. The van der Waals surface area contributed by atoms with Crippen LogP contribution in [0.5, 0.6) is 5.75 Å². The van der Waals surface area contributed by atoms with E-state index in [1.54, 1.807) is 11.8 Å². The molecule has 0 aliphatic carbocycles. The van der Waals surface area contributed by atoms with E-state index in [0.29, 0.717) is 13.0 Å². The van der Waals surface area contributed by atoms with Crippen LogP contribution in [0.2, 0.25) is 0 Å². The third-order valence-electron chi connectivity index (χ3n) is 3.22. The van der Waals surface area contributed by atoms with Crippen molar-refractivity contribution in [2.45, 2.75) is 38.8 Å². The van der Waals surface area contributed by atoms with Crippen LogP contribution in [-0.2, 0) is 4.79 Å². The van der Waals surface area contributed by atoms with Crippen molar-refractivity contribution in [2.24, 2.45) is 5.73 Å². The molecule has 1 amide bonds. The number of aryl methyl sites for hydroxylation is 1. The zero-order valence-electron chi connectivity index (χ0n) is 13.5. The Bertz CT molecular complexity index is 446. The highest BCUT2D eigenvalue weighted by molar-refractivity contribution is 7.98. The summed E-state index contributed by atoms with van der Waals surface area (Å²) in [7, 11) is 0. The van der Waals surface area contributed by atoms with Gasteiger partial charge in [-0.25, -0.2) is 0 Å². The molecule has 0 heterocycles. The molecule has 2 atom stereocenters. The van der Waals surface area contributed by atoms with Gasteiger partial charge in [-0.1, -0.05) is 19.1 Å². The number of nitrogens with two attached hydrogens (primary N) is 1. The Morgan fingerprint density at radius 1 is 1.45 bits per heavy atom. The fourth-order valence-corrected chi connectivity index (χ4v) is 2.36. The van der Waals surface area contributed by atoms with Crippen molar-refractivity contribution >= 4 is 30.1 Å². The summed E-state index contributed by atoms with van der Waals surface area (Å²) in [6.45, 7) is 4.55. The van der Waals surface area contributed by atoms with E-state index in [2.05, 4.69) is 5.32 Å². The summed E-state index contributed by atoms with van der Waals surface area (Å²) < 4.78 is 5.90. The van der Waals surface area contributed by atoms with E-state index in [1.165, 1.54) is 0 Å². The third-order valence-corrected chi connectivity index (χ3v) is 3.87. The van der Waals surface area contributed by atoms with Gasteiger partial charge in [-0.15, -0.1) is 12.4 Å². The standard InChI is InChI=1S/C16H26N2O2S.ClH/c1-4-13(20-14-7-5-6-12(2)10-14)11-18-16(19)15(17)8-9-21-3;/h5-7,10,13,15H,4,8-9,11,17H2,1-3H3,(H,18,19);1H/t13?,15-;/m0./s1. The van der Waals surface area contributed by atoms with Gasteiger partial charge in [0.05, 0.1) is 12.6 Å². The number of carbonyl (C=O) groups excluding carboxylic acids is 1.